The Morgan fingerprint density at radius 2 is 1.72 bits per heavy atom. The van der Waals surface area contributed by atoms with Crippen molar-refractivity contribution < 1.29 is 71.5 Å². The molecule has 1 unspecified atom stereocenters. The minimum atomic E-state index is -5.24. The minimum absolute atomic E-state index is 0. The quantitative estimate of drug-likeness (QED) is 0.155. The van der Waals surface area contributed by atoms with E-state index in [1.807, 2.05) is 44.2 Å². The van der Waals surface area contributed by atoms with Crippen LogP contribution in [0.3, 0.4) is 0 Å². The molecule has 0 bridgehead atoms. The van der Waals surface area contributed by atoms with Crippen LogP contribution in [0.15, 0.2) is 30.3 Å². The summed E-state index contributed by atoms with van der Waals surface area (Å²) in [7, 11) is -5.24. The maximum absolute atomic E-state index is 13.9. The summed E-state index contributed by atoms with van der Waals surface area (Å²) in [5.74, 6) is -1.93. The molecule has 2 aliphatic rings. The Bertz CT molecular complexity index is 1320. The summed E-state index contributed by atoms with van der Waals surface area (Å²) in [6.07, 6.45) is 0.776. The Balaban J connectivity index is 0.00000768. The molecule has 16 heteroatoms. The largest absolute Gasteiger partial charge is 1.00 e. The second-order valence-electron chi connectivity index (χ2n) is 13.5. The molecule has 2 aliphatic heterocycles. The first-order valence-corrected chi connectivity index (χ1v) is 17.2. The Kier molecular flexibility index (Phi) is 15.4. The number of hydrogen-bond donors (Lipinski definition) is 4. The van der Waals surface area contributed by atoms with Gasteiger partial charge < -0.3 is 40.1 Å². The molecule has 1 aromatic rings. The summed E-state index contributed by atoms with van der Waals surface area (Å²) in [6, 6.07) is 5.80. The van der Waals surface area contributed by atoms with Gasteiger partial charge in [0.25, 0.3) is 0 Å². The third-order valence-corrected chi connectivity index (χ3v) is 8.92. The van der Waals surface area contributed by atoms with Gasteiger partial charge in [-0.1, -0.05) is 44.2 Å². The normalized spacial score (nSPS) is 19.2. The van der Waals surface area contributed by atoms with Crippen molar-refractivity contribution in [3.63, 3.8) is 0 Å². The zero-order chi connectivity index (χ0) is 34.2. The molecule has 2 fully saturated rings. The molecule has 0 radical (unpaired) electrons. The van der Waals surface area contributed by atoms with Crippen LogP contribution >= 0.6 is 0 Å². The Morgan fingerprint density at radius 3 is 2.23 bits per heavy atom. The second kappa shape index (κ2) is 17.8. The first-order valence-electron chi connectivity index (χ1n) is 15.7. The smallest absolute Gasteiger partial charge is 0.746 e. The number of benzene rings is 1. The molecule has 0 spiro atoms. The number of rotatable bonds is 12. The number of amides is 5. The van der Waals surface area contributed by atoms with E-state index >= 15 is 0 Å². The summed E-state index contributed by atoms with van der Waals surface area (Å²) in [5.41, 5.74) is -2.27. The van der Waals surface area contributed by atoms with Crippen molar-refractivity contribution in [2.75, 3.05) is 19.6 Å². The minimum Gasteiger partial charge on any atom is -0.746 e. The van der Waals surface area contributed by atoms with Crippen molar-refractivity contribution in [1.29, 1.82) is 0 Å². The van der Waals surface area contributed by atoms with Gasteiger partial charge in [0, 0.05) is 38.1 Å². The molecule has 4 N–H and O–H groups in total. The molecule has 0 aromatic heterocycles. The topological polar surface area (TPSA) is 198 Å². The van der Waals surface area contributed by atoms with E-state index in [1.165, 1.54) is 0 Å². The number of carbonyl (C=O) groups is 4. The number of carbonyl (C=O) groups excluding carboxylic acids is 4. The van der Waals surface area contributed by atoms with Gasteiger partial charge in [-0.25, -0.2) is 18.0 Å². The molecule has 14 nitrogen and oxygen atoms in total. The van der Waals surface area contributed by atoms with Crippen LogP contribution in [0.4, 0.5) is 9.59 Å². The number of piperidine rings is 1. The van der Waals surface area contributed by atoms with Crippen LogP contribution in [0.5, 0.6) is 0 Å². The van der Waals surface area contributed by atoms with Crippen LogP contribution in [-0.4, -0.2) is 101 Å². The number of hydrogen-bond acceptors (Lipinski definition) is 9. The maximum Gasteiger partial charge on any atom is 1.00 e. The monoisotopic (exact) mass is 689 g/mol. The summed E-state index contributed by atoms with van der Waals surface area (Å²) < 4.78 is 40.7. The predicted molar refractivity (Wildman–Crippen MR) is 168 cm³/mol. The summed E-state index contributed by atoms with van der Waals surface area (Å²) in [5, 5.41) is 18.2. The predicted octanol–water partition coefficient (Wildman–Crippen LogP) is -1.11. The summed E-state index contributed by atoms with van der Waals surface area (Å²) in [4.78, 5) is 55.5. The number of likely N-dealkylation sites (tertiary alicyclic amines) is 1. The van der Waals surface area contributed by atoms with E-state index in [-0.39, 0.29) is 66.8 Å². The molecular formula is C31H48N5NaO9S. The number of nitrogens with one attached hydrogen (secondary N) is 3. The fourth-order valence-corrected chi connectivity index (χ4v) is 6.26. The van der Waals surface area contributed by atoms with Gasteiger partial charge in [0.15, 0.2) is 5.44 Å². The molecule has 2 heterocycles. The molecule has 258 valence electrons. The van der Waals surface area contributed by atoms with Gasteiger partial charge in [-0.2, -0.15) is 0 Å². The summed E-state index contributed by atoms with van der Waals surface area (Å²) in [6.45, 7) is 10.4. The van der Waals surface area contributed by atoms with Crippen molar-refractivity contribution in [3.05, 3.63) is 35.9 Å². The van der Waals surface area contributed by atoms with E-state index in [2.05, 4.69) is 16.0 Å². The molecule has 5 amide bonds. The second-order valence-corrected chi connectivity index (χ2v) is 14.9. The number of urea groups is 1. The van der Waals surface area contributed by atoms with Crippen molar-refractivity contribution in [1.82, 2.24) is 25.8 Å². The van der Waals surface area contributed by atoms with E-state index in [0.29, 0.717) is 38.9 Å². The van der Waals surface area contributed by atoms with Gasteiger partial charge in [0.1, 0.15) is 21.8 Å². The molecule has 1 aromatic carbocycles. The van der Waals surface area contributed by atoms with Crippen LogP contribution in [-0.2, 0) is 31.0 Å². The molecule has 0 saturated carbocycles. The standard InChI is InChI=1S/C31H49N5O9S.Na/c1-20(2)17-24(27(38)33-25(28(39)46(42,43)44)18-22-11-14-32-26(22)37)34-29(40)36(19-21-9-7-6-8-10-21)23-12-15-35(16-13-23)30(41)45-31(3,4)5;/h6-10,20,22-25,28,39H,11-19H2,1-5H3,(H,32,37)(H,33,38)(H,34,40)(H,42,43,44);/q;+1/p-1/t22-,24-,25-,28?;/m0./s1. The number of ether oxygens (including phenoxy) is 1. The van der Waals surface area contributed by atoms with Crippen LogP contribution < -0.4 is 45.5 Å². The molecule has 3 rings (SSSR count). The van der Waals surface area contributed by atoms with Gasteiger partial charge >= 0.3 is 41.7 Å². The Hall–Kier alpha value is -2.43. The van der Waals surface area contributed by atoms with E-state index < -0.39 is 57.2 Å². The molecule has 0 aliphatic carbocycles. The van der Waals surface area contributed by atoms with Crippen molar-refractivity contribution in [2.24, 2.45) is 11.8 Å². The SMILES string of the molecule is CC(C)C[C@H](NC(=O)N(Cc1ccccc1)C1CCN(C(=O)OC(C)(C)C)CC1)C(=O)N[C@@H](C[C@@H]1CCNC1=O)C(O)S(=O)(=O)[O-].[Na+]. The van der Waals surface area contributed by atoms with E-state index in [0.717, 1.165) is 5.56 Å². The number of aliphatic hydroxyl groups is 1. The fraction of sp³-hybridized carbons (Fsp3) is 0.677. The Morgan fingerprint density at radius 1 is 1.11 bits per heavy atom. The third kappa shape index (κ3) is 12.8. The van der Waals surface area contributed by atoms with E-state index in [9.17, 15) is 37.3 Å². The van der Waals surface area contributed by atoms with Crippen LogP contribution in [0, 0.1) is 11.8 Å². The maximum atomic E-state index is 13.9. The third-order valence-electron chi connectivity index (χ3n) is 8.00. The average Bonchev–Trinajstić information content (AvgIpc) is 3.37. The molecule has 4 atom stereocenters. The van der Waals surface area contributed by atoms with Crippen LogP contribution in [0.1, 0.15) is 72.3 Å². The van der Waals surface area contributed by atoms with Crippen molar-refractivity contribution >= 4 is 34.1 Å². The number of aliphatic hydroxyl groups excluding tert-OH is 1. The van der Waals surface area contributed by atoms with Gasteiger partial charge in [0.05, 0.1) is 6.04 Å². The number of nitrogens with zero attached hydrogens (tertiary/aromatic N) is 2. The van der Waals surface area contributed by atoms with Gasteiger partial charge in [-0.3, -0.25) is 9.59 Å². The summed E-state index contributed by atoms with van der Waals surface area (Å²) >= 11 is 0. The van der Waals surface area contributed by atoms with Crippen LogP contribution in [0.2, 0.25) is 0 Å². The molecule has 47 heavy (non-hydrogen) atoms. The van der Waals surface area contributed by atoms with E-state index in [4.69, 9.17) is 4.74 Å². The van der Waals surface area contributed by atoms with Gasteiger partial charge in [-0.05, 0) is 64.4 Å². The van der Waals surface area contributed by atoms with E-state index in [1.54, 1.807) is 30.6 Å². The fourth-order valence-electron chi connectivity index (χ4n) is 5.68. The van der Waals surface area contributed by atoms with Gasteiger partial charge in [0.2, 0.25) is 11.8 Å². The molecular weight excluding hydrogens is 641 g/mol. The first-order chi connectivity index (χ1) is 21.4. The van der Waals surface area contributed by atoms with Crippen LogP contribution in [0.25, 0.3) is 0 Å². The van der Waals surface area contributed by atoms with Crippen molar-refractivity contribution in [3.8, 4) is 0 Å². The first kappa shape index (κ1) is 40.7. The zero-order valence-corrected chi connectivity index (χ0v) is 31.0. The Labute approximate surface area is 299 Å². The average molecular weight is 690 g/mol. The zero-order valence-electron chi connectivity index (χ0n) is 28.2. The van der Waals surface area contributed by atoms with Crippen molar-refractivity contribution in [2.45, 2.75) is 102 Å². The molecule has 2 saturated heterocycles. The van der Waals surface area contributed by atoms with Gasteiger partial charge in [-0.15, -0.1) is 0 Å².